The summed E-state index contributed by atoms with van der Waals surface area (Å²) >= 11 is 1.90. The molecule has 1 N–H and O–H groups in total. The molecule has 1 saturated carbocycles. The van der Waals surface area contributed by atoms with Crippen LogP contribution in [-0.4, -0.2) is 51.4 Å². The Bertz CT molecular complexity index is 342. The zero-order chi connectivity index (χ0) is 14.8. The summed E-state index contributed by atoms with van der Waals surface area (Å²) in [6, 6.07) is 0. The quantitative estimate of drug-likeness (QED) is 0.870. The van der Waals surface area contributed by atoms with Gasteiger partial charge in [0.2, 0.25) is 0 Å². The molecule has 0 aromatic rings. The van der Waals surface area contributed by atoms with Crippen LogP contribution in [0.2, 0.25) is 0 Å². The lowest BCUT2D eigenvalue weighted by Crippen LogP contribution is -2.49. The number of ether oxygens (including phenoxy) is 1. The Hall–Kier alpha value is -0.420. The highest BCUT2D eigenvalue weighted by atomic mass is 32.2. The molecule has 4 nitrogen and oxygen atoms in total. The van der Waals surface area contributed by atoms with Gasteiger partial charge in [0, 0.05) is 24.1 Å². The van der Waals surface area contributed by atoms with Crippen LogP contribution in [0.5, 0.6) is 0 Å². The van der Waals surface area contributed by atoms with E-state index in [1.165, 1.54) is 19.3 Å². The lowest BCUT2D eigenvalue weighted by atomic mass is 9.94. The number of likely N-dealkylation sites (tertiary alicyclic amines) is 1. The third-order valence-corrected chi connectivity index (χ3v) is 5.63. The first-order valence-electron chi connectivity index (χ1n) is 7.59. The van der Waals surface area contributed by atoms with E-state index in [0.29, 0.717) is 25.9 Å². The van der Waals surface area contributed by atoms with Crippen LogP contribution in [0, 0.1) is 0 Å². The molecule has 2 aliphatic rings. The van der Waals surface area contributed by atoms with E-state index in [9.17, 15) is 9.90 Å². The van der Waals surface area contributed by atoms with Gasteiger partial charge < -0.3 is 14.7 Å². The number of rotatable bonds is 3. The zero-order valence-corrected chi connectivity index (χ0v) is 13.7. The predicted octanol–water partition coefficient (Wildman–Crippen LogP) is 3.03. The normalized spacial score (nSPS) is 23.3. The molecule has 0 atom stereocenters. The number of hydrogen-bond donors (Lipinski definition) is 1. The van der Waals surface area contributed by atoms with Crippen LogP contribution in [0.15, 0.2) is 0 Å². The zero-order valence-electron chi connectivity index (χ0n) is 12.9. The number of hydrogen-bond acceptors (Lipinski definition) is 4. The number of carbonyl (C=O) groups excluding carboxylic acids is 1. The van der Waals surface area contributed by atoms with Crippen molar-refractivity contribution in [2.45, 2.75) is 69.3 Å². The van der Waals surface area contributed by atoms with Gasteiger partial charge in [0.05, 0.1) is 5.60 Å². The summed E-state index contributed by atoms with van der Waals surface area (Å²) in [6.45, 7) is 6.81. The standard InChI is InChI=1S/C15H27NO3S/c1-14(2,3)19-13(17)16-9-7-15(18,8-10-16)11-20-12-5-4-6-12/h12,18H,4-11H2,1-3H3. The van der Waals surface area contributed by atoms with Gasteiger partial charge in [0.25, 0.3) is 0 Å². The second-order valence-electron chi connectivity index (χ2n) is 7.06. The number of aliphatic hydroxyl groups is 1. The van der Waals surface area contributed by atoms with E-state index < -0.39 is 11.2 Å². The lowest BCUT2D eigenvalue weighted by Gasteiger charge is -2.39. The molecule has 5 heteroatoms. The number of amides is 1. The van der Waals surface area contributed by atoms with Gasteiger partial charge in [0.1, 0.15) is 5.60 Å². The third-order valence-electron chi connectivity index (χ3n) is 3.99. The van der Waals surface area contributed by atoms with Gasteiger partial charge in [-0.15, -0.1) is 0 Å². The molecule has 20 heavy (non-hydrogen) atoms. The number of piperidine rings is 1. The number of thioether (sulfide) groups is 1. The molecule has 0 bridgehead atoms. The Morgan fingerprint density at radius 3 is 2.40 bits per heavy atom. The van der Waals surface area contributed by atoms with E-state index in [2.05, 4.69) is 0 Å². The number of nitrogens with zero attached hydrogens (tertiary/aromatic N) is 1. The first kappa shape index (κ1) is 16.0. The Morgan fingerprint density at radius 2 is 1.95 bits per heavy atom. The minimum Gasteiger partial charge on any atom is -0.444 e. The molecule has 0 aromatic carbocycles. The van der Waals surface area contributed by atoms with Gasteiger partial charge in [-0.05, 0) is 46.5 Å². The Kier molecular flexibility index (Phi) is 4.90. The molecule has 1 amide bonds. The largest absolute Gasteiger partial charge is 0.444 e. The smallest absolute Gasteiger partial charge is 0.410 e. The van der Waals surface area contributed by atoms with Crippen molar-refractivity contribution < 1.29 is 14.6 Å². The van der Waals surface area contributed by atoms with Crippen molar-refractivity contribution >= 4 is 17.9 Å². The minimum atomic E-state index is -0.598. The third kappa shape index (κ3) is 4.55. The van der Waals surface area contributed by atoms with Crippen molar-refractivity contribution in [1.82, 2.24) is 4.90 Å². The molecule has 0 unspecified atom stereocenters. The molecular weight excluding hydrogens is 274 g/mol. The summed E-state index contributed by atoms with van der Waals surface area (Å²) in [5.41, 5.74) is -1.05. The average Bonchev–Trinajstić information content (AvgIpc) is 2.25. The number of carbonyl (C=O) groups is 1. The SMILES string of the molecule is CC(C)(C)OC(=O)N1CCC(O)(CSC2CCC2)CC1. The van der Waals surface area contributed by atoms with Gasteiger partial charge in [-0.2, -0.15) is 11.8 Å². The Morgan fingerprint density at radius 1 is 1.35 bits per heavy atom. The predicted molar refractivity (Wildman–Crippen MR) is 82.1 cm³/mol. The van der Waals surface area contributed by atoms with Crippen LogP contribution >= 0.6 is 11.8 Å². The molecule has 2 rings (SSSR count). The van der Waals surface area contributed by atoms with Crippen molar-refractivity contribution in [2.75, 3.05) is 18.8 Å². The first-order chi connectivity index (χ1) is 9.27. The van der Waals surface area contributed by atoms with Gasteiger partial charge in [-0.25, -0.2) is 4.79 Å². The second kappa shape index (κ2) is 6.14. The maximum atomic E-state index is 12.0. The Labute approximate surface area is 126 Å². The van der Waals surface area contributed by atoms with E-state index in [0.717, 1.165) is 11.0 Å². The van der Waals surface area contributed by atoms with Crippen molar-refractivity contribution in [3.8, 4) is 0 Å². The topological polar surface area (TPSA) is 49.8 Å². The van der Waals surface area contributed by atoms with Crippen LogP contribution in [0.3, 0.4) is 0 Å². The monoisotopic (exact) mass is 301 g/mol. The fourth-order valence-electron chi connectivity index (χ4n) is 2.39. The molecule has 1 saturated heterocycles. The van der Waals surface area contributed by atoms with Gasteiger partial charge in [-0.1, -0.05) is 6.42 Å². The summed E-state index contributed by atoms with van der Waals surface area (Å²) < 4.78 is 5.37. The summed E-state index contributed by atoms with van der Waals surface area (Å²) in [7, 11) is 0. The van der Waals surface area contributed by atoms with Crippen molar-refractivity contribution in [2.24, 2.45) is 0 Å². The lowest BCUT2D eigenvalue weighted by molar-refractivity contribution is -0.0191. The molecule has 1 aliphatic carbocycles. The van der Waals surface area contributed by atoms with Crippen LogP contribution in [0.1, 0.15) is 52.9 Å². The van der Waals surface area contributed by atoms with Crippen molar-refractivity contribution in [1.29, 1.82) is 0 Å². The molecule has 1 heterocycles. The van der Waals surface area contributed by atoms with E-state index in [1.807, 2.05) is 32.5 Å². The van der Waals surface area contributed by atoms with E-state index >= 15 is 0 Å². The van der Waals surface area contributed by atoms with Crippen molar-refractivity contribution in [3.05, 3.63) is 0 Å². The van der Waals surface area contributed by atoms with Crippen LogP contribution in [0.25, 0.3) is 0 Å². The summed E-state index contributed by atoms with van der Waals surface area (Å²) in [6.07, 6.45) is 4.99. The van der Waals surface area contributed by atoms with Crippen molar-refractivity contribution in [3.63, 3.8) is 0 Å². The van der Waals surface area contributed by atoms with E-state index in [1.54, 1.807) is 4.90 Å². The second-order valence-corrected chi connectivity index (χ2v) is 8.34. The molecule has 0 radical (unpaired) electrons. The highest BCUT2D eigenvalue weighted by Gasteiger charge is 2.36. The Balaban J connectivity index is 1.74. The van der Waals surface area contributed by atoms with Crippen LogP contribution < -0.4 is 0 Å². The molecule has 0 aromatic heterocycles. The van der Waals surface area contributed by atoms with E-state index in [-0.39, 0.29) is 6.09 Å². The average molecular weight is 301 g/mol. The summed E-state index contributed by atoms with van der Waals surface area (Å²) in [5.74, 6) is 0.805. The highest BCUT2D eigenvalue weighted by molar-refractivity contribution is 8.00. The highest BCUT2D eigenvalue weighted by Crippen LogP contribution is 2.35. The first-order valence-corrected chi connectivity index (χ1v) is 8.64. The van der Waals surface area contributed by atoms with Crippen LogP contribution in [0.4, 0.5) is 4.79 Å². The fraction of sp³-hybridized carbons (Fsp3) is 0.933. The minimum absolute atomic E-state index is 0.258. The van der Waals surface area contributed by atoms with Gasteiger partial charge in [-0.3, -0.25) is 0 Å². The summed E-state index contributed by atoms with van der Waals surface area (Å²) in [5, 5.41) is 11.3. The fourth-order valence-corrected chi connectivity index (χ4v) is 3.89. The van der Waals surface area contributed by atoms with E-state index in [4.69, 9.17) is 4.74 Å². The maximum absolute atomic E-state index is 12.0. The molecular formula is C15H27NO3S. The summed E-state index contributed by atoms with van der Waals surface area (Å²) in [4.78, 5) is 13.7. The van der Waals surface area contributed by atoms with Gasteiger partial charge in [0.15, 0.2) is 0 Å². The molecule has 1 aliphatic heterocycles. The molecule has 0 spiro atoms. The molecule has 2 fully saturated rings. The van der Waals surface area contributed by atoms with Gasteiger partial charge >= 0.3 is 6.09 Å². The van der Waals surface area contributed by atoms with Crippen LogP contribution in [-0.2, 0) is 4.74 Å². The maximum Gasteiger partial charge on any atom is 0.410 e. The molecule has 116 valence electrons.